The van der Waals surface area contributed by atoms with Crippen molar-refractivity contribution in [1.29, 1.82) is 0 Å². The number of nitrogens with one attached hydrogen (secondary N) is 1. The zero-order chi connectivity index (χ0) is 13.8. The summed E-state index contributed by atoms with van der Waals surface area (Å²) in [6.07, 6.45) is 4.43. The molecule has 0 saturated carbocycles. The zero-order valence-corrected chi connectivity index (χ0v) is 11.0. The minimum Gasteiger partial charge on any atom is -0.369 e. The molecule has 2 rings (SSSR count). The van der Waals surface area contributed by atoms with Gasteiger partial charge in [-0.1, -0.05) is 11.6 Å². The second kappa shape index (κ2) is 5.66. The minimum atomic E-state index is -0.500. The van der Waals surface area contributed by atoms with Crippen molar-refractivity contribution in [3.8, 4) is 0 Å². The Morgan fingerprint density at radius 2 is 2.32 bits per heavy atom. The second-order valence-electron chi connectivity index (χ2n) is 3.99. The van der Waals surface area contributed by atoms with E-state index in [1.165, 1.54) is 12.1 Å². The van der Waals surface area contributed by atoms with E-state index in [0.29, 0.717) is 12.4 Å². The zero-order valence-electron chi connectivity index (χ0n) is 10.2. The van der Waals surface area contributed by atoms with E-state index in [1.54, 1.807) is 10.9 Å². The first-order valence-electron chi connectivity index (χ1n) is 5.58. The molecule has 0 aliphatic heterocycles. The summed E-state index contributed by atoms with van der Waals surface area (Å²) in [7, 11) is 1.85. The van der Waals surface area contributed by atoms with E-state index in [4.69, 9.17) is 11.6 Å². The Bertz CT molecular complexity index is 599. The molecule has 7 nitrogen and oxygen atoms in total. The maximum absolute atomic E-state index is 10.7. The molecule has 0 saturated heterocycles. The molecule has 2 aromatic rings. The van der Waals surface area contributed by atoms with Gasteiger partial charge in [-0.3, -0.25) is 14.8 Å². The lowest BCUT2D eigenvalue weighted by atomic mass is 10.2. The molecule has 0 amide bonds. The number of hydrogen-bond donors (Lipinski definition) is 1. The number of aryl methyl sites for hydroxylation is 1. The van der Waals surface area contributed by atoms with Crippen LogP contribution in [-0.4, -0.2) is 26.2 Å². The van der Waals surface area contributed by atoms with Gasteiger partial charge in [-0.05, 0) is 12.0 Å². The first kappa shape index (κ1) is 13.3. The summed E-state index contributed by atoms with van der Waals surface area (Å²) in [6, 6.07) is 2.57. The topological polar surface area (TPSA) is 85.9 Å². The maximum Gasteiger partial charge on any atom is 0.276 e. The summed E-state index contributed by atoms with van der Waals surface area (Å²) in [4.78, 5) is 14.2. The fourth-order valence-corrected chi connectivity index (χ4v) is 1.82. The van der Waals surface area contributed by atoms with E-state index in [-0.39, 0.29) is 10.8 Å². The smallest absolute Gasteiger partial charge is 0.276 e. The molecule has 0 aliphatic carbocycles. The van der Waals surface area contributed by atoms with E-state index >= 15 is 0 Å². The summed E-state index contributed by atoms with van der Waals surface area (Å²) >= 11 is 5.72. The molecule has 0 aliphatic rings. The Morgan fingerprint density at radius 3 is 2.95 bits per heavy atom. The van der Waals surface area contributed by atoms with E-state index < -0.39 is 4.92 Å². The lowest BCUT2D eigenvalue weighted by molar-refractivity contribution is -0.384. The van der Waals surface area contributed by atoms with Gasteiger partial charge < -0.3 is 5.32 Å². The third-order valence-corrected chi connectivity index (χ3v) is 2.66. The highest BCUT2D eigenvalue weighted by atomic mass is 35.5. The van der Waals surface area contributed by atoms with Gasteiger partial charge in [-0.2, -0.15) is 5.10 Å². The van der Waals surface area contributed by atoms with E-state index in [9.17, 15) is 10.1 Å². The SMILES string of the molecule is Cn1cc(CCNc2cc([N+](=O)[O-])cc(Cl)n2)cn1. The van der Waals surface area contributed by atoms with Gasteiger partial charge in [0.15, 0.2) is 0 Å². The second-order valence-corrected chi connectivity index (χ2v) is 4.38. The molecule has 0 bridgehead atoms. The summed E-state index contributed by atoms with van der Waals surface area (Å²) in [5.74, 6) is 0.392. The van der Waals surface area contributed by atoms with Crippen LogP contribution < -0.4 is 5.32 Å². The van der Waals surface area contributed by atoms with Crippen molar-refractivity contribution in [3.05, 3.63) is 45.4 Å². The Hall–Kier alpha value is -2.15. The van der Waals surface area contributed by atoms with Crippen molar-refractivity contribution < 1.29 is 4.92 Å². The monoisotopic (exact) mass is 281 g/mol. The molecule has 8 heteroatoms. The molecule has 1 N–H and O–H groups in total. The van der Waals surface area contributed by atoms with Crippen LogP contribution >= 0.6 is 11.6 Å². The number of rotatable bonds is 5. The van der Waals surface area contributed by atoms with Gasteiger partial charge in [-0.25, -0.2) is 4.98 Å². The molecule has 0 atom stereocenters. The number of hydrogen-bond acceptors (Lipinski definition) is 5. The van der Waals surface area contributed by atoms with Crippen LogP contribution in [0.1, 0.15) is 5.56 Å². The lowest BCUT2D eigenvalue weighted by Crippen LogP contribution is -2.06. The normalized spacial score (nSPS) is 10.4. The first-order valence-corrected chi connectivity index (χ1v) is 5.96. The average Bonchev–Trinajstić information content (AvgIpc) is 2.74. The molecule has 0 fully saturated rings. The Kier molecular flexibility index (Phi) is 3.96. The van der Waals surface area contributed by atoms with Gasteiger partial charge >= 0.3 is 0 Å². The predicted octanol–water partition coefficient (Wildman–Crippen LogP) is 2.03. The lowest BCUT2D eigenvalue weighted by Gasteiger charge is -2.04. The van der Waals surface area contributed by atoms with Gasteiger partial charge in [0.05, 0.1) is 23.3 Å². The van der Waals surface area contributed by atoms with Crippen molar-refractivity contribution in [2.24, 2.45) is 7.05 Å². The van der Waals surface area contributed by atoms with E-state index in [1.807, 2.05) is 13.2 Å². The molecular formula is C11H12ClN5O2. The molecular weight excluding hydrogens is 270 g/mol. The number of nitrogens with zero attached hydrogens (tertiary/aromatic N) is 4. The Morgan fingerprint density at radius 1 is 1.53 bits per heavy atom. The third-order valence-electron chi connectivity index (χ3n) is 2.47. The first-order chi connectivity index (χ1) is 9.04. The van der Waals surface area contributed by atoms with Crippen LogP contribution in [0.3, 0.4) is 0 Å². The molecule has 0 aromatic carbocycles. The number of pyridine rings is 1. The van der Waals surface area contributed by atoms with Crippen LogP contribution in [0, 0.1) is 10.1 Å². The molecule has 0 spiro atoms. The molecule has 0 unspecified atom stereocenters. The van der Waals surface area contributed by atoms with Crippen molar-refractivity contribution in [2.75, 3.05) is 11.9 Å². The summed E-state index contributed by atoms with van der Waals surface area (Å²) in [6.45, 7) is 0.593. The Labute approximate surface area is 114 Å². The van der Waals surface area contributed by atoms with Crippen molar-refractivity contribution in [1.82, 2.24) is 14.8 Å². The maximum atomic E-state index is 10.7. The fraction of sp³-hybridized carbons (Fsp3) is 0.273. The van der Waals surface area contributed by atoms with Crippen LogP contribution in [0.2, 0.25) is 5.15 Å². The largest absolute Gasteiger partial charge is 0.369 e. The van der Waals surface area contributed by atoms with Gasteiger partial charge in [0, 0.05) is 19.8 Å². The van der Waals surface area contributed by atoms with Gasteiger partial charge in [0.25, 0.3) is 5.69 Å². The molecule has 0 radical (unpaired) electrons. The van der Waals surface area contributed by atoms with Crippen LogP contribution in [-0.2, 0) is 13.5 Å². The van der Waals surface area contributed by atoms with Crippen LogP contribution in [0.25, 0.3) is 0 Å². The van der Waals surface area contributed by atoms with E-state index in [2.05, 4.69) is 15.4 Å². The highest BCUT2D eigenvalue weighted by molar-refractivity contribution is 6.29. The van der Waals surface area contributed by atoms with Gasteiger partial charge in [-0.15, -0.1) is 0 Å². The number of halogens is 1. The van der Waals surface area contributed by atoms with Crippen molar-refractivity contribution >= 4 is 23.1 Å². The van der Waals surface area contributed by atoms with Gasteiger partial charge in [0.1, 0.15) is 11.0 Å². The molecule has 19 heavy (non-hydrogen) atoms. The number of aromatic nitrogens is 3. The fourth-order valence-electron chi connectivity index (χ4n) is 1.62. The molecule has 2 heterocycles. The summed E-state index contributed by atoms with van der Waals surface area (Å²) in [5, 5.41) is 17.8. The average molecular weight is 282 g/mol. The third kappa shape index (κ3) is 3.65. The van der Waals surface area contributed by atoms with Crippen LogP contribution in [0.4, 0.5) is 11.5 Å². The summed E-state index contributed by atoms with van der Waals surface area (Å²) in [5.41, 5.74) is 0.996. The van der Waals surface area contributed by atoms with Crippen LogP contribution in [0.15, 0.2) is 24.5 Å². The highest BCUT2D eigenvalue weighted by Gasteiger charge is 2.09. The quantitative estimate of drug-likeness (QED) is 0.515. The number of nitro groups is 1. The summed E-state index contributed by atoms with van der Waals surface area (Å²) < 4.78 is 1.72. The van der Waals surface area contributed by atoms with Crippen molar-refractivity contribution in [3.63, 3.8) is 0 Å². The van der Waals surface area contributed by atoms with Crippen LogP contribution in [0.5, 0.6) is 0 Å². The highest BCUT2D eigenvalue weighted by Crippen LogP contribution is 2.20. The Balaban J connectivity index is 1.97. The number of anilines is 1. The van der Waals surface area contributed by atoms with E-state index in [0.717, 1.165) is 12.0 Å². The predicted molar refractivity (Wildman–Crippen MR) is 71.3 cm³/mol. The van der Waals surface area contributed by atoms with Crippen molar-refractivity contribution in [2.45, 2.75) is 6.42 Å². The standard InChI is InChI=1S/C11H12ClN5O2/c1-16-7-8(6-14-16)2-3-13-11-5-9(17(18)19)4-10(12)15-11/h4-7H,2-3H2,1H3,(H,13,15). The minimum absolute atomic E-state index is 0.0797. The molecule has 2 aromatic heterocycles. The van der Waals surface area contributed by atoms with Gasteiger partial charge in [0.2, 0.25) is 0 Å². The molecule has 100 valence electrons.